The van der Waals surface area contributed by atoms with E-state index in [0.717, 1.165) is 16.9 Å². The van der Waals surface area contributed by atoms with Gasteiger partial charge >= 0.3 is 12.1 Å². The van der Waals surface area contributed by atoms with Crippen LogP contribution in [0.2, 0.25) is 0 Å². The zero-order valence-electron chi connectivity index (χ0n) is 31.0. The Morgan fingerprint density at radius 1 is 1.04 bits per heavy atom. The van der Waals surface area contributed by atoms with Crippen LogP contribution in [0.25, 0.3) is 0 Å². The fraction of sp³-hybridized carbons (Fsp3) is 0.564. The Bertz CT molecular complexity index is 1760. The number of imide groups is 2. The number of alkyl carbamates (subject to hydrolysis) is 1. The monoisotopic (exact) mass is 763 g/mol. The number of amides is 6. The van der Waals surface area contributed by atoms with Crippen LogP contribution in [-0.2, 0) is 33.4 Å². The summed E-state index contributed by atoms with van der Waals surface area (Å²) in [5.74, 6) is -2.77. The summed E-state index contributed by atoms with van der Waals surface area (Å²) in [5.41, 5.74) is 1.34. The Labute approximate surface area is 318 Å². The number of carbonyl (C=O) groups is 7. The Morgan fingerprint density at radius 2 is 1.84 bits per heavy atom. The largest absolute Gasteiger partial charge is 0.462 e. The first-order valence-electron chi connectivity index (χ1n) is 19.0. The molecule has 2 fully saturated rings. The van der Waals surface area contributed by atoms with Gasteiger partial charge in [0.2, 0.25) is 17.7 Å². The zero-order chi connectivity index (χ0) is 39.2. The minimum atomic E-state index is -1.11. The Kier molecular flexibility index (Phi) is 12.8. The molecule has 16 heteroatoms. The number of fused-ring (bicyclic) bond motifs is 2. The van der Waals surface area contributed by atoms with Crippen LogP contribution in [0.4, 0.5) is 10.5 Å². The van der Waals surface area contributed by atoms with Gasteiger partial charge in [-0.05, 0) is 61.1 Å². The maximum atomic E-state index is 13.2. The number of piperidine rings is 1. The summed E-state index contributed by atoms with van der Waals surface area (Å²) in [6, 6.07) is 3.36. The third kappa shape index (κ3) is 9.48. The maximum absolute atomic E-state index is 13.2. The van der Waals surface area contributed by atoms with Crippen molar-refractivity contribution < 1.29 is 52.9 Å². The lowest BCUT2D eigenvalue weighted by Gasteiger charge is -2.43. The van der Waals surface area contributed by atoms with Crippen molar-refractivity contribution in [2.45, 2.75) is 83.1 Å². The van der Waals surface area contributed by atoms with Gasteiger partial charge in [0.15, 0.2) is 0 Å². The summed E-state index contributed by atoms with van der Waals surface area (Å²) in [6.45, 7) is 5.11. The van der Waals surface area contributed by atoms with Gasteiger partial charge in [0.1, 0.15) is 18.2 Å². The molecule has 0 spiro atoms. The Morgan fingerprint density at radius 3 is 2.62 bits per heavy atom. The number of rotatable bonds is 14. The van der Waals surface area contributed by atoms with E-state index >= 15 is 0 Å². The highest BCUT2D eigenvalue weighted by Crippen LogP contribution is 2.45. The van der Waals surface area contributed by atoms with Crippen LogP contribution in [0.1, 0.15) is 79.5 Å². The highest BCUT2D eigenvalue weighted by Gasteiger charge is 2.46. The van der Waals surface area contributed by atoms with Crippen molar-refractivity contribution in [3.05, 3.63) is 53.1 Å². The molecule has 3 aliphatic heterocycles. The number of hydrogen-bond acceptors (Lipinski definition) is 12. The zero-order valence-corrected chi connectivity index (χ0v) is 31.0. The smallest absolute Gasteiger partial charge is 0.407 e. The van der Waals surface area contributed by atoms with Gasteiger partial charge < -0.3 is 35.3 Å². The average Bonchev–Trinajstić information content (AvgIpc) is 3.38. The SMILES string of the molecule is C[C@H]1C=C2C=C[C@H](C)[C@H](CC[C@@H]3C[C@@H](O)CC(=O)O3)[C@H]2[C@@H](OC(=O)NCCOCCNCC(=O)Nc2cccc3c2C(=O)N(C2CCC(=O)NC2=O)C3=O)C1. The number of carbonyl (C=O) groups excluding carboxylic acids is 7. The number of anilines is 1. The van der Waals surface area contributed by atoms with Crippen molar-refractivity contribution in [3.8, 4) is 0 Å². The molecule has 0 bridgehead atoms. The summed E-state index contributed by atoms with van der Waals surface area (Å²) >= 11 is 0. The molecule has 2 saturated heterocycles. The van der Waals surface area contributed by atoms with Gasteiger partial charge in [-0.15, -0.1) is 0 Å². The van der Waals surface area contributed by atoms with Crippen molar-refractivity contribution in [2.24, 2.45) is 23.7 Å². The molecule has 296 valence electrons. The number of nitrogens with zero attached hydrogens (tertiary/aromatic N) is 1. The van der Waals surface area contributed by atoms with E-state index < -0.39 is 47.8 Å². The first-order chi connectivity index (χ1) is 26.4. The van der Waals surface area contributed by atoms with Gasteiger partial charge in [0, 0.05) is 31.8 Å². The second kappa shape index (κ2) is 17.7. The third-order valence-corrected chi connectivity index (χ3v) is 10.9. The van der Waals surface area contributed by atoms with Gasteiger partial charge in [-0.3, -0.25) is 39.0 Å². The van der Waals surface area contributed by atoms with Gasteiger partial charge in [-0.1, -0.05) is 38.1 Å². The highest BCUT2D eigenvalue weighted by molar-refractivity contribution is 6.26. The third-order valence-electron chi connectivity index (χ3n) is 10.9. The molecule has 16 nitrogen and oxygen atoms in total. The van der Waals surface area contributed by atoms with Gasteiger partial charge in [-0.2, -0.15) is 0 Å². The first-order valence-corrected chi connectivity index (χ1v) is 19.0. The molecule has 55 heavy (non-hydrogen) atoms. The van der Waals surface area contributed by atoms with Crippen LogP contribution in [0.5, 0.6) is 0 Å². The average molecular weight is 764 g/mol. The number of nitrogens with one attached hydrogen (secondary N) is 4. The second-order valence-corrected chi connectivity index (χ2v) is 15.0. The van der Waals surface area contributed by atoms with E-state index in [4.69, 9.17) is 14.2 Å². The summed E-state index contributed by atoms with van der Waals surface area (Å²) in [4.78, 5) is 88.5. The van der Waals surface area contributed by atoms with Crippen molar-refractivity contribution in [2.75, 3.05) is 38.2 Å². The van der Waals surface area contributed by atoms with Gasteiger partial charge in [0.25, 0.3) is 11.8 Å². The van der Waals surface area contributed by atoms with Crippen LogP contribution < -0.4 is 21.3 Å². The number of ether oxygens (including phenoxy) is 3. The minimum absolute atomic E-state index is 0.00112. The fourth-order valence-corrected chi connectivity index (χ4v) is 8.30. The van der Waals surface area contributed by atoms with E-state index in [1.165, 1.54) is 18.2 Å². The summed E-state index contributed by atoms with van der Waals surface area (Å²) < 4.78 is 17.1. The number of benzene rings is 1. The fourth-order valence-electron chi connectivity index (χ4n) is 8.30. The van der Waals surface area contributed by atoms with E-state index in [9.17, 15) is 38.7 Å². The van der Waals surface area contributed by atoms with Crippen molar-refractivity contribution >= 4 is 47.3 Å². The lowest BCUT2D eigenvalue weighted by molar-refractivity contribution is -0.160. The van der Waals surface area contributed by atoms with Gasteiger partial charge in [-0.25, -0.2) is 4.79 Å². The molecule has 5 aliphatic rings. The molecule has 3 heterocycles. The molecule has 0 saturated carbocycles. The molecular weight excluding hydrogens is 714 g/mol. The summed E-state index contributed by atoms with van der Waals surface area (Å²) in [7, 11) is 0. The topological polar surface area (TPSA) is 219 Å². The summed E-state index contributed by atoms with van der Waals surface area (Å²) in [6.07, 6.45) is 7.25. The van der Waals surface area contributed by atoms with Crippen molar-refractivity contribution in [1.82, 2.24) is 20.9 Å². The second-order valence-electron chi connectivity index (χ2n) is 15.0. The number of allylic oxidation sites excluding steroid dienone is 3. The molecule has 1 aromatic carbocycles. The maximum Gasteiger partial charge on any atom is 0.407 e. The number of esters is 1. The molecule has 0 radical (unpaired) electrons. The minimum Gasteiger partial charge on any atom is -0.462 e. The van der Waals surface area contributed by atoms with Crippen LogP contribution in [0.15, 0.2) is 42.0 Å². The molecule has 2 aliphatic carbocycles. The number of cyclic esters (lactones) is 1. The molecule has 1 unspecified atom stereocenters. The van der Waals surface area contributed by atoms with Crippen LogP contribution in [-0.4, -0.2) is 109 Å². The number of aliphatic hydroxyl groups is 1. The van der Waals surface area contributed by atoms with Crippen LogP contribution >= 0.6 is 0 Å². The van der Waals surface area contributed by atoms with Crippen molar-refractivity contribution in [1.29, 1.82) is 0 Å². The normalized spacial score (nSPS) is 28.8. The lowest BCUT2D eigenvalue weighted by Crippen LogP contribution is -2.54. The lowest BCUT2D eigenvalue weighted by atomic mass is 9.65. The molecule has 1 aromatic rings. The molecule has 5 N–H and O–H groups in total. The standard InChI is InChI=1S/C39H49N5O11/c1-21-16-23-7-6-22(2)26(9-8-25-18-24(45)19-33(48)54-25)34(23)30(17-21)55-39(52)41-13-15-53-14-12-40-20-32(47)42-28-5-3-4-27-35(28)38(51)44(37(27)50)29-10-11-31(46)43-36(29)49/h3-7,16,21-22,24-26,29-30,34,40,45H,8-15,17-20H2,1-2H3,(H,41,52)(H,42,47)(H,43,46,49)/t21-,22-,24+,25+,26-,29?,30-,34-/m0/s1. The summed E-state index contributed by atoms with van der Waals surface area (Å²) in [5, 5.41) is 20.6. The molecule has 6 rings (SSSR count). The van der Waals surface area contributed by atoms with E-state index in [1.54, 1.807) is 0 Å². The van der Waals surface area contributed by atoms with E-state index in [0.29, 0.717) is 25.8 Å². The highest BCUT2D eigenvalue weighted by atomic mass is 16.6. The van der Waals surface area contributed by atoms with Gasteiger partial charge in [0.05, 0.1) is 49.1 Å². The Balaban J connectivity index is 0.896. The molecule has 6 amide bonds. The predicted molar refractivity (Wildman–Crippen MR) is 195 cm³/mol. The van der Waals surface area contributed by atoms with E-state index in [2.05, 4.69) is 53.3 Å². The molecule has 8 atom stereocenters. The number of aliphatic hydroxyl groups excluding tert-OH is 1. The number of hydrogen-bond donors (Lipinski definition) is 5. The van der Waals surface area contributed by atoms with E-state index in [-0.39, 0.29) is 104 Å². The first kappa shape index (κ1) is 39.8. The predicted octanol–water partition coefficient (Wildman–Crippen LogP) is 1.98. The van der Waals surface area contributed by atoms with Crippen LogP contribution in [0, 0.1) is 23.7 Å². The molecule has 0 aromatic heterocycles. The molecular formula is C39H49N5O11. The quantitative estimate of drug-likeness (QED) is 0.104. The van der Waals surface area contributed by atoms with Crippen molar-refractivity contribution in [3.63, 3.8) is 0 Å². The van der Waals surface area contributed by atoms with E-state index in [1.807, 2.05) is 0 Å². The Hall–Kier alpha value is -4.93. The van der Waals surface area contributed by atoms with Crippen LogP contribution in [0.3, 0.4) is 0 Å².